The number of hydrogen-bond acceptors (Lipinski definition) is 4. The minimum Gasteiger partial charge on any atom is -0.489 e. The molecule has 0 saturated carbocycles. The molecule has 7 heteroatoms. The Hall–Kier alpha value is -2.34. The molecule has 5 nitrogen and oxygen atoms in total. The molecule has 3 aromatic rings. The Bertz CT molecular complexity index is 1080. The van der Waals surface area contributed by atoms with Gasteiger partial charge in [0.2, 0.25) is 0 Å². The first kappa shape index (κ1) is 20.0. The average Bonchev–Trinajstić information content (AvgIpc) is 2.71. The van der Waals surface area contributed by atoms with E-state index >= 15 is 0 Å². The van der Waals surface area contributed by atoms with Crippen LogP contribution in [0, 0.1) is 0 Å². The van der Waals surface area contributed by atoms with Crippen molar-refractivity contribution in [1.29, 1.82) is 0 Å². The smallest absolute Gasteiger partial charge is 0.266 e. The standard InChI is InChI=1S/C22H21Cl2N3O2/c1-26-22(28)11-17-13-27(9-8-21(17)25-26)12-15-2-5-18(6-3-15)29-14-16-4-7-19(23)20(24)10-16/h2-7,10-11H,8-9,12-14H2,1H3. The number of rotatable bonds is 5. The highest BCUT2D eigenvalue weighted by Crippen LogP contribution is 2.24. The molecule has 0 saturated heterocycles. The summed E-state index contributed by atoms with van der Waals surface area (Å²) in [7, 11) is 1.69. The third-order valence-electron chi connectivity index (χ3n) is 5.04. The maximum Gasteiger partial charge on any atom is 0.266 e. The van der Waals surface area contributed by atoms with E-state index in [9.17, 15) is 4.79 Å². The predicted molar refractivity (Wildman–Crippen MR) is 115 cm³/mol. The zero-order valence-electron chi connectivity index (χ0n) is 16.1. The summed E-state index contributed by atoms with van der Waals surface area (Å²) >= 11 is 12.0. The second-order valence-corrected chi connectivity index (χ2v) is 8.03. The maximum atomic E-state index is 11.8. The number of aryl methyl sites for hydroxylation is 1. The topological polar surface area (TPSA) is 47.4 Å². The first-order chi connectivity index (χ1) is 14.0. The van der Waals surface area contributed by atoms with Gasteiger partial charge < -0.3 is 4.74 Å². The fourth-order valence-electron chi connectivity index (χ4n) is 3.43. The highest BCUT2D eigenvalue weighted by Gasteiger charge is 2.18. The Balaban J connectivity index is 1.35. The van der Waals surface area contributed by atoms with E-state index in [1.807, 2.05) is 24.3 Å². The normalized spacial score (nSPS) is 13.9. The highest BCUT2D eigenvalue weighted by molar-refractivity contribution is 6.42. The van der Waals surface area contributed by atoms with Crippen LogP contribution in [0.5, 0.6) is 5.75 Å². The molecular weight excluding hydrogens is 409 g/mol. The van der Waals surface area contributed by atoms with Gasteiger partial charge in [0.1, 0.15) is 12.4 Å². The van der Waals surface area contributed by atoms with E-state index < -0.39 is 0 Å². The van der Waals surface area contributed by atoms with Gasteiger partial charge in [-0.05, 0) is 41.0 Å². The molecule has 0 unspecified atom stereocenters. The van der Waals surface area contributed by atoms with E-state index in [2.05, 4.69) is 22.1 Å². The first-order valence-corrected chi connectivity index (χ1v) is 10.2. The molecule has 1 aliphatic rings. The third kappa shape index (κ3) is 4.81. The molecule has 0 bridgehead atoms. The minimum absolute atomic E-state index is 0.0610. The van der Waals surface area contributed by atoms with Gasteiger partial charge in [-0.3, -0.25) is 9.69 Å². The van der Waals surface area contributed by atoms with E-state index in [0.29, 0.717) is 16.7 Å². The Morgan fingerprint density at radius 2 is 1.79 bits per heavy atom. The Morgan fingerprint density at radius 3 is 2.55 bits per heavy atom. The van der Waals surface area contributed by atoms with Crippen molar-refractivity contribution in [2.45, 2.75) is 26.1 Å². The third-order valence-corrected chi connectivity index (χ3v) is 5.77. The summed E-state index contributed by atoms with van der Waals surface area (Å²) < 4.78 is 7.25. The van der Waals surface area contributed by atoms with Crippen LogP contribution in [-0.4, -0.2) is 21.2 Å². The fraction of sp³-hybridized carbons (Fsp3) is 0.273. The van der Waals surface area contributed by atoms with Gasteiger partial charge in [-0.2, -0.15) is 5.10 Å². The second kappa shape index (κ2) is 8.57. The van der Waals surface area contributed by atoms with Crippen LogP contribution in [0.15, 0.2) is 53.3 Å². The lowest BCUT2D eigenvalue weighted by molar-refractivity contribution is 0.241. The van der Waals surface area contributed by atoms with Gasteiger partial charge in [0, 0.05) is 39.2 Å². The molecule has 150 valence electrons. The monoisotopic (exact) mass is 429 g/mol. The fourth-order valence-corrected chi connectivity index (χ4v) is 3.75. The van der Waals surface area contributed by atoms with Crippen molar-refractivity contribution in [3.63, 3.8) is 0 Å². The summed E-state index contributed by atoms with van der Waals surface area (Å²) in [5.41, 5.74) is 4.16. The van der Waals surface area contributed by atoms with Gasteiger partial charge in [-0.1, -0.05) is 41.4 Å². The van der Waals surface area contributed by atoms with Crippen molar-refractivity contribution >= 4 is 23.2 Å². The largest absolute Gasteiger partial charge is 0.489 e. The molecule has 0 aliphatic carbocycles. The molecule has 0 amide bonds. The van der Waals surface area contributed by atoms with Gasteiger partial charge in [0.15, 0.2) is 0 Å². The summed E-state index contributed by atoms with van der Waals surface area (Å²) in [6.07, 6.45) is 0.855. The van der Waals surface area contributed by atoms with Gasteiger partial charge in [0.25, 0.3) is 5.56 Å². The SMILES string of the molecule is Cn1nc2c(cc1=O)CN(Cc1ccc(OCc3ccc(Cl)c(Cl)c3)cc1)CC2. The van der Waals surface area contributed by atoms with Crippen LogP contribution in [-0.2, 0) is 33.2 Å². The van der Waals surface area contributed by atoms with Gasteiger partial charge in [0.05, 0.1) is 15.7 Å². The molecule has 1 aliphatic heterocycles. The second-order valence-electron chi connectivity index (χ2n) is 7.22. The summed E-state index contributed by atoms with van der Waals surface area (Å²) in [6.45, 7) is 2.92. The molecule has 0 radical (unpaired) electrons. The van der Waals surface area contributed by atoms with Crippen molar-refractivity contribution in [2.75, 3.05) is 6.54 Å². The van der Waals surface area contributed by atoms with Crippen LogP contribution >= 0.6 is 23.2 Å². The zero-order chi connectivity index (χ0) is 20.4. The van der Waals surface area contributed by atoms with Gasteiger partial charge in [-0.25, -0.2) is 4.68 Å². The Morgan fingerprint density at radius 1 is 1.03 bits per heavy atom. The van der Waals surface area contributed by atoms with E-state index in [1.54, 1.807) is 19.2 Å². The molecule has 0 spiro atoms. The molecule has 29 heavy (non-hydrogen) atoms. The molecular formula is C22H21Cl2N3O2. The summed E-state index contributed by atoms with van der Waals surface area (Å²) in [4.78, 5) is 14.2. The van der Waals surface area contributed by atoms with Crippen LogP contribution < -0.4 is 10.3 Å². The lowest BCUT2D eigenvalue weighted by Gasteiger charge is -2.28. The Kier molecular flexibility index (Phi) is 5.90. The van der Waals surface area contributed by atoms with Crippen LogP contribution in [0.1, 0.15) is 22.4 Å². The minimum atomic E-state index is -0.0610. The van der Waals surface area contributed by atoms with E-state index in [4.69, 9.17) is 27.9 Å². The van der Waals surface area contributed by atoms with Gasteiger partial charge in [-0.15, -0.1) is 0 Å². The van der Waals surface area contributed by atoms with E-state index in [-0.39, 0.29) is 5.56 Å². The van der Waals surface area contributed by atoms with Crippen LogP contribution in [0.4, 0.5) is 0 Å². The molecule has 0 atom stereocenters. The van der Waals surface area contributed by atoms with Crippen molar-refractivity contribution < 1.29 is 4.74 Å². The predicted octanol–water partition coefficient (Wildman–Crippen LogP) is 4.22. The molecule has 1 aromatic heterocycles. The highest BCUT2D eigenvalue weighted by atomic mass is 35.5. The lowest BCUT2D eigenvalue weighted by atomic mass is 10.1. The number of fused-ring (bicyclic) bond motifs is 1. The summed E-state index contributed by atoms with van der Waals surface area (Å²) in [5, 5.41) is 5.43. The van der Waals surface area contributed by atoms with Crippen LogP contribution in [0.2, 0.25) is 10.0 Å². The van der Waals surface area contributed by atoms with Gasteiger partial charge >= 0.3 is 0 Å². The molecule has 2 heterocycles. The molecule has 0 fully saturated rings. The first-order valence-electron chi connectivity index (χ1n) is 9.42. The number of aromatic nitrogens is 2. The van der Waals surface area contributed by atoms with E-state index in [0.717, 1.165) is 48.6 Å². The summed E-state index contributed by atoms with van der Waals surface area (Å²) in [6, 6.07) is 15.3. The van der Waals surface area contributed by atoms with Crippen molar-refractivity contribution in [3.8, 4) is 5.75 Å². The number of nitrogens with zero attached hydrogens (tertiary/aromatic N) is 3. The van der Waals surface area contributed by atoms with Crippen molar-refractivity contribution in [1.82, 2.24) is 14.7 Å². The zero-order valence-corrected chi connectivity index (χ0v) is 17.6. The van der Waals surface area contributed by atoms with Crippen molar-refractivity contribution in [2.24, 2.45) is 7.05 Å². The number of hydrogen-bond donors (Lipinski definition) is 0. The average molecular weight is 430 g/mol. The molecule has 2 aromatic carbocycles. The van der Waals surface area contributed by atoms with Crippen molar-refractivity contribution in [3.05, 3.63) is 91.3 Å². The molecule has 4 rings (SSSR count). The summed E-state index contributed by atoms with van der Waals surface area (Å²) in [5.74, 6) is 0.802. The maximum absolute atomic E-state index is 11.8. The number of halogens is 2. The molecule has 0 N–H and O–H groups in total. The Labute approximate surface area is 179 Å². The number of benzene rings is 2. The quantitative estimate of drug-likeness (QED) is 0.608. The lowest BCUT2D eigenvalue weighted by Crippen LogP contribution is -2.33. The van der Waals surface area contributed by atoms with Crippen LogP contribution in [0.25, 0.3) is 0 Å². The number of ether oxygens (including phenoxy) is 1. The van der Waals surface area contributed by atoms with Crippen LogP contribution in [0.3, 0.4) is 0 Å². The van der Waals surface area contributed by atoms with E-state index in [1.165, 1.54) is 10.2 Å².